The van der Waals surface area contributed by atoms with E-state index in [2.05, 4.69) is 20.4 Å². The minimum absolute atomic E-state index is 0.0493. The molecule has 1 unspecified atom stereocenters. The van der Waals surface area contributed by atoms with Gasteiger partial charge in [0.2, 0.25) is 0 Å². The van der Waals surface area contributed by atoms with Gasteiger partial charge in [0, 0.05) is 12.0 Å². The van der Waals surface area contributed by atoms with Gasteiger partial charge < -0.3 is 10.2 Å². The van der Waals surface area contributed by atoms with E-state index in [1.807, 2.05) is 0 Å². The number of rotatable bonds is 2. The zero-order valence-corrected chi connectivity index (χ0v) is 11.2. The molecule has 2 saturated carbocycles. The summed E-state index contributed by atoms with van der Waals surface area (Å²) in [6, 6.07) is 0. The van der Waals surface area contributed by atoms with E-state index >= 15 is 0 Å². The average Bonchev–Trinajstić information content (AvgIpc) is 2.69. The van der Waals surface area contributed by atoms with Gasteiger partial charge in [-0.25, -0.2) is 0 Å². The molecule has 2 nitrogen and oxygen atoms in total. The van der Waals surface area contributed by atoms with Crippen LogP contribution in [0.5, 0.6) is 0 Å². The summed E-state index contributed by atoms with van der Waals surface area (Å²) in [5.74, 6) is 0.979. The molecule has 1 spiro atoms. The van der Waals surface area contributed by atoms with Crippen molar-refractivity contribution in [3.63, 3.8) is 0 Å². The van der Waals surface area contributed by atoms with Gasteiger partial charge in [0.1, 0.15) is 0 Å². The molecule has 5 atom stereocenters. The average molecular weight is 238 g/mol. The maximum absolute atomic E-state index is 10.8. The zero-order chi connectivity index (χ0) is 12.6. The molecular formula is C15H26O2. The molecule has 2 aliphatic carbocycles. The molecule has 0 aliphatic heterocycles. The zero-order valence-electron chi connectivity index (χ0n) is 11.2. The molecule has 2 heteroatoms. The Morgan fingerprint density at radius 1 is 1.47 bits per heavy atom. The summed E-state index contributed by atoms with van der Waals surface area (Å²) in [6.45, 7) is 8.73. The maximum Gasteiger partial charge on any atom is 0.0667 e. The Balaban J connectivity index is 2.27. The smallest absolute Gasteiger partial charge is 0.0667 e. The van der Waals surface area contributed by atoms with Gasteiger partial charge >= 0.3 is 0 Å². The lowest BCUT2D eigenvalue weighted by molar-refractivity contribution is -0.0614. The van der Waals surface area contributed by atoms with Crippen molar-refractivity contribution in [2.45, 2.75) is 52.1 Å². The predicted octanol–water partition coefficient (Wildman–Crippen LogP) is 2.75. The second kappa shape index (κ2) is 4.74. The molecule has 98 valence electrons. The molecule has 2 N–H and O–H groups in total. The fraction of sp³-hybridized carbons (Fsp3) is 0.867. The van der Waals surface area contributed by atoms with Crippen molar-refractivity contribution >= 4 is 0 Å². The van der Waals surface area contributed by atoms with Crippen molar-refractivity contribution in [1.82, 2.24) is 0 Å². The van der Waals surface area contributed by atoms with Gasteiger partial charge in [-0.05, 0) is 43.4 Å². The maximum atomic E-state index is 10.8. The third kappa shape index (κ3) is 1.86. The van der Waals surface area contributed by atoms with Crippen LogP contribution in [-0.2, 0) is 0 Å². The third-order valence-electron chi connectivity index (χ3n) is 5.50. The van der Waals surface area contributed by atoms with E-state index < -0.39 is 0 Å². The van der Waals surface area contributed by atoms with Gasteiger partial charge in [0.15, 0.2) is 0 Å². The minimum atomic E-state index is -0.302. The van der Waals surface area contributed by atoms with Crippen LogP contribution in [0.15, 0.2) is 12.2 Å². The van der Waals surface area contributed by atoms with Gasteiger partial charge in [0.05, 0.1) is 6.10 Å². The van der Waals surface area contributed by atoms with Gasteiger partial charge in [-0.15, -0.1) is 0 Å². The van der Waals surface area contributed by atoms with E-state index in [4.69, 9.17) is 0 Å². The lowest BCUT2D eigenvalue weighted by Crippen LogP contribution is -2.49. The Morgan fingerprint density at radius 3 is 2.71 bits per heavy atom. The molecule has 0 bridgehead atoms. The molecule has 0 aromatic heterocycles. The van der Waals surface area contributed by atoms with Gasteiger partial charge in [0.25, 0.3) is 0 Å². The highest BCUT2D eigenvalue weighted by Gasteiger charge is 2.53. The molecule has 0 aromatic carbocycles. The summed E-state index contributed by atoms with van der Waals surface area (Å²) in [6.07, 6.45) is 5.20. The molecule has 0 saturated heterocycles. The second-order valence-electron chi connectivity index (χ2n) is 6.24. The summed E-state index contributed by atoms with van der Waals surface area (Å²) in [5.41, 5.74) is 1.21. The first-order chi connectivity index (χ1) is 8.04. The van der Waals surface area contributed by atoms with Gasteiger partial charge in [-0.2, -0.15) is 0 Å². The summed E-state index contributed by atoms with van der Waals surface area (Å²) in [4.78, 5) is 0. The Hall–Kier alpha value is -0.340. The summed E-state index contributed by atoms with van der Waals surface area (Å²) >= 11 is 0. The molecule has 2 fully saturated rings. The summed E-state index contributed by atoms with van der Waals surface area (Å²) < 4.78 is 0. The number of aliphatic hydroxyl groups excluding tert-OH is 2. The van der Waals surface area contributed by atoms with Crippen molar-refractivity contribution in [3.8, 4) is 0 Å². The van der Waals surface area contributed by atoms with Crippen LogP contribution in [0.25, 0.3) is 0 Å². The Bertz CT molecular complexity index is 299. The molecule has 0 heterocycles. The van der Waals surface area contributed by atoms with Crippen LogP contribution >= 0.6 is 0 Å². The lowest BCUT2D eigenvalue weighted by Gasteiger charge is -2.49. The SMILES string of the molecule is C=C1CC[C@H](C(C)CO)[C@H](O)[C@@]12CCC[C@@H]2C. The first-order valence-electron chi connectivity index (χ1n) is 7.01. The molecule has 0 amide bonds. The molecule has 0 aromatic rings. The Morgan fingerprint density at radius 2 is 2.18 bits per heavy atom. The van der Waals surface area contributed by atoms with Crippen LogP contribution in [0.4, 0.5) is 0 Å². The van der Waals surface area contributed by atoms with Gasteiger partial charge in [-0.1, -0.05) is 32.4 Å². The van der Waals surface area contributed by atoms with Crippen molar-refractivity contribution < 1.29 is 10.2 Å². The Labute approximate surface area is 105 Å². The van der Waals surface area contributed by atoms with E-state index in [1.165, 1.54) is 18.4 Å². The monoisotopic (exact) mass is 238 g/mol. The normalized spacial score (nSPS) is 44.2. The quantitative estimate of drug-likeness (QED) is 0.726. The standard InChI is InChI=1S/C15H26O2/c1-10(9-16)13-7-6-12(3)15(14(13)17)8-4-5-11(15)2/h10-11,13-14,16-17H,3-9H2,1-2H3/t10?,11-,13+,14-,15+/m0/s1. The molecular weight excluding hydrogens is 212 g/mol. The second-order valence-corrected chi connectivity index (χ2v) is 6.24. The van der Waals surface area contributed by atoms with E-state index in [0.717, 1.165) is 19.3 Å². The highest BCUT2D eigenvalue weighted by atomic mass is 16.3. The van der Waals surface area contributed by atoms with Crippen LogP contribution in [0.3, 0.4) is 0 Å². The van der Waals surface area contributed by atoms with Crippen molar-refractivity contribution in [2.75, 3.05) is 6.61 Å². The van der Waals surface area contributed by atoms with Crippen LogP contribution in [0.2, 0.25) is 0 Å². The summed E-state index contributed by atoms with van der Waals surface area (Å²) in [7, 11) is 0. The predicted molar refractivity (Wildman–Crippen MR) is 69.6 cm³/mol. The number of hydrogen-bond acceptors (Lipinski definition) is 2. The first kappa shape index (κ1) is 13.1. The van der Waals surface area contributed by atoms with E-state index in [9.17, 15) is 10.2 Å². The summed E-state index contributed by atoms with van der Waals surface area (Å²) in [5, 5.41) is 20.1. The number of hydrogen-bond donors (Lipinski definition) is 2. The van der Waals surface area contributed by atoms with Crippen LogP contribution < -0.4 is 0 Å². The largest absolute Gasteiger partial charge is 0.396 e. The topological polar surface area (TPSA) is 40.5 Å². The van der Waals surface area contributed by atoms with E-state index in [0.29, 0.717) is 5.92 Å². The van der Waals surface area contributed by atoms with Crippen LogP contribution in [0, 0.1) is 23.2 Å². The van der Waals surface area contributed by atoms with E-state index in [-0.39, 0.29) is 30.0 Å². The third-order valence-corrected chi connectivity index (χ3v) is 5.50. The molecule has 17 heavy (non-hydrogen) atoms. The Kier molecular flexibility index (Phi) is 3.65. The lowest BCUT2D eigenvalue weighted by atomic mass is 9.58. The van der Waals surface area contributed by atoms with Crippen LogP contribution in [0.1, 0.15) is 46.0 Å². The minimum Gasteiger partial charge on any atom is -0.396 e. The highest BCUT2D eigenvalue weighted by molar-refractivity contribution is 5.21. The molecule has 2 rings (SSSR count). The fourth-order valence-electron chi connectivity index (χ4n) is 4.22. The van der Waals surface area contributed by atoms with Crippen molar-refractivity contribution in [2.24, 2.45) is 23.2 Å². The molecule has 2 aliphatic rings. The highest BCUT2D eigenvalue weighted by Crippen LogP contribution is 2.57. The fourth-order valence-corrected chi connectivity index (χ4v) is 4.22. The van der Waals surface area contributed by atoms with E-state index in [1.54, 1.807) is 0 Å². The van der Waals surface area contributed by atoms with Gasteiger partial charge in [-0.3, -0.25) is 0 Å². The first-order valence-corrected chi connectivity index (χ1v) is 7.01. The van der Waals surface area contributed by atoms with Crippen LogP contribution in [-0.4, -0.2) is 22.9 Å². The van der Waals surface area contributed by atoms with Crippen molar-refractivity contribution in [3.05, 3.63) is 12.2 Å². The number of aliphatic hydroxyl groups is 2. The van der Waals surface area contributed by atoms with Crippen molar-refractivity contribution in [1.29, 1.82) is 0 Å². The molecule has 0 radical (unpaired) electrons.